The van der Waals surface area contributed by atoms with Gasteiger partial charge in [-0.05, 0) is 6.07 Å². The number of nitrogens with zero attached hydrogens (tertiary/aromatic N) is 4. The monoisotopic (exact) mass is 293 g/mol. The highest BCUT2D eigenvalue weighted by Crippen LogP contribution is 2.29. The molecule has 8 heteroatoms. The van der Waals surface area contributed by atoms with Crippen molar-refractivity contribution in [1.29, 1.82) is 0 Å². The molecule has 0 saturated carbocycles. The summed E-state index contributed by atoms with van der Waals surface area (Å²) in [5.74, 6) is 0.759. The van der Waals surface area contributed by atoms with Crippen LogP contribution in [0.4, 0.5) is 21.7 Å². The predicted octanol–water partition coefficient (Wildman–Crippen LogP) is 1.93. The molecule has 1 aliphatic heterocycles. The summed E-state index contributed by atoms with van der Waals surface area (Å²) >= 11 is 5.87. The highest BCUT2D eigenvalue weighted by molar-refractivity contribution is 6.32. The van der Waals surface area contributed by atoms with Gasteiger partial charge < -0.3 is 5.32 Å². The summed E-state index contributed by atoms with van der Waals surface area (Å²) in [5, 5.41) is 3.05. The van der Waals surface area contributed by atoms with Gasteiger partial charge in [0.1, 0.15) is 10.8 Å². The molecule has 6 nitrogen and oxygen atoms in total. The zero-order valence-electron chi connectivity index (χ0n) is 10.4. The molecule has 1 N–H and O–H groups in total. The van der Waals surface area contributed by atoms with E-state index in [-0.39, 0.29) is 16.7 Å². The first-order valence-corrected chi connectivity index (χ1v) is 6.13. The number of aromatic nitrogens is 3. The Labute approximate surface area is 118 Å². The molecular formula is C12H9ClFN5O. The van der Waals surface area contributed by atoms with Gasteiger partial charge in [0.25, 0.3) is 0 Å². The molecule has 2 aromatic heterocycles. The minimum atomic E-state index is -0.874. The maximum Gasteiger partial charge on any atom is 0.310 e. The van der Waals surface area contributed by atoms with Crippen LogP contribution in [0.2, 0.25) is 5.02 Å². The maximum absolute atomic E-state index is 13.0. The van der Waals surface area contributed by atoms with E-state index in [1.54, 1.807) is 13.1 Å². The van der Waals surface area contributed by atoms with Crippen molar-refractivity contribution >= 4 is 34.8 Å². The lowest BCUT2D eigenvalue weighted by atomic mass is 10.2. The number of hydrogen-bond donors (Lipinski definition) is 1. The third-order valence-corrected chi connectivity index (χ3v) is 3.23. The van der Waals surface area contributed by atoms with Crippen LogP contribution in [0.15, 0.2) is 18.5 Å². The molecule has 1 aliphatic rings. The molecule has 102 valence electrons. The van der Waals surface area contributed by atoms with E-state index in [0.717, 1.165) is 5.56 Å². The lowest BCUT2D eigenvalue weighted by Crippen LogP contribution is -2.21. The number of likely N-dealkylation sites (N-methyl/N-ethyl adjacent to an activating group) is 1. The minimum absolute atomic E-state index is 0.0178. The molecule has 0 aliphatic carbocycles. The third-order valence-electron chi connectivity index (χ3n) is 2.95. The van der Waals surface area contributed by atoms with E-state index in [0.29, 0.717) is 17.9 Å². The summed E-state index contributed by atoms with van der Waals surface area (Å²) in [6.07, 6.45) is 2.12. The highest BCUT2D eigenvalue weighted by atomic mass is 35.5. The summed E-state index contributed by atoms with van der Waals surface area (Å²) in [5.41, 5.74) is 1.38. The van der Waals surface area contributed by atoms with Crippen molar-refractivity contribution in [2.45, 2.75) is 6.42 Å². The van der Waals surface area contributed by atoms with Crippen molar-refractivity contribution in [3.8, 4) is 0 Å². The number of pyridine rings is 1. The maximum atomic E-state index is 13.0. The first kappa shape index (κ1) is 12.7. The first-order valence-electron chi connectivity index (χ1n) is 5.75. The summed E-state index contributed by atoms with van der Waals surface area (Å²) in [7, 11) is 1.67. The molecule has 0 atom stereocenters. The van der Waals surface area contributed by atoms with Gasteiger partial charge in [-0.2, -0.15) is 9.37 Å². The zero-order chi connectivity index (χ0) is 14.3. The molecule has 0 unspecified atom stereocenters. The van der Waals surface area contributed by atoms with Gasteiger partial charge in [0.05, 0.1) is 24.5 Å². The Kier molecular flexibility index (Phi) is 2.98. The van der Waals surface area contributed by atoms with Crippen LogP contribution in [0.3, 0.4) is 0 Å². The molecule has 3 heterocycles. The molecule has 20 heavy (non-hydrogen) atoms. The number of fused-ring (bicyclic) bond motifs is 1. The Balaban J connectivity index is 1.92. The van der Waals surface area contributed by atoms with Crippen LogP contribution in [-0.2, 0) is 11.2 Å². The molecule has 2 aromatic rings. The molecular weight excluding hydrogens is 285 g/mol. The first-order chi connectivity index (χ1) is 9.54. The quantitative estimate of drug-likeness (QED) is 0.857. The Morgan fingerprint density at radius 3 is 3.00 bits per heavy atom. The van der Waals surface area contributed by atoms with Gasteiger partial charge in [-0.1, -0.05) is 11.6 Å². The number of rotatable bonds is 2. The fourth-order valence-corrected chi connectivity index (χ4v) is 2.11. The summed E-state index contributed by atoms with van der Waals surface area (Å²) in [4.78, 5) is 24.2. The number of amides is 1. The largest absolute Gasteiger partial charge is 0.338 e. The molecule has 0 bridgehead atoms. The van der Waals surface area contributed by atoms with E-state index in [1.165, 1.54) is 17.3 Å². The SMILES string of the molecule is CN1C(=O)Cc2cc(Nc3nc(F)ncc3Cl)cnc21. The Morgan fingerprint density at radius 1 is 1.40 bits per heavy atom. The Hall–Kier alpha value is -2.28. The molecule has 3 rings (SSSR count). The third kappa shape index (κ3) is 2.16. The van der Waals surface area contributed by atoms with Gasteiger partial charge >= 0.3 is 6.08 Å². The summed E-state index contributed by atoms with van der Waals surface area (Å²) < 4.78 is 13.0. The summed E-state index contributed by atoms with van der Waals surface area (Å²) in [6.45, 7) is 0. The topological polar surface area (TPSA) is 71.0 Å². The van der Waals surface area contributed by atoms with Gasteiger partial charge in [0, 0.05) is 12.6 Å². The van der Waals surface area contributed by atoms with Crippen LogP contribution in [0.1, 0.15) is 5.56 Å². The number of hydrogen-bond acceptors (Lipinski definition) is 5. The van der Waals surface area contributed by atoms with Gasteiger partial charge in [-0.15, -0.1) is 0 Å². The van der Waals surface area contributed by atoms with Crippen molar-refractivity contribution in [2.24, 2.45) is 0 Å². The molecule has 0 aromatic carbocycles. The van der Waals surface area contributed by atoms with Gasteiger partial charge in [-0.3, -0.25) is 9.69 Å². The Morgan fingerprint density at radius 2 is 2.20 bits per heavy atom. The van der Waals surface area contributed by atoms with Crippen molar-refractivity contribution in [3.05, 3.63) is 35.1 Å². The average molecular weight is 294 g/mol. The number of halogens is 2. The lowest BCUT2D eigenvalue weighted by molar-refractivity contribution is -0.117. The van der Waals surface area contributed by atoms with Gasteiger partial charge in [0.2, 0.25) is 5.91 Å². The smallest absolute Gasteiger partial charge is 0.310 e. The van der Waals surface area contributed by atoms with Crippen LogP contribution in [-0.4, -0.2) is 27.9 Å². The van der Waals surface area contributed by atoms with Crippen LogP contribution >= 0.6 is 11.6 Å². The summed E-state index contributed by atoms with van der Waals surface area (Å²) in [6, 6.07) is 1.76. The average Bonchev–Trinajstić information content (AvgIpc) is 2.69. The number of carbonyl (C=O) groups excluding carboxylic acids is 1. The predicted molar refractivity (Wildman–Crippen MR) is 71.6 cm³/mol. The number of nitrogens with one attached hydrogen (secondary N) is 1. The van der Waals surface area contributed by atoms with Crippen LogP contribution in [0.5, 0.6) is 0 Å². The normalized spacial score (nSPS) is 13.6. The lowest BCUT2D eigenvalue weighted by Gasteiger charge is -2.10. The van der Waals surface area contributed by atoms with Crippen molar-refractivity contribution < 1.29 is 9.18 Å². The second-order valence-corrected chi connectivity index (χ2v) is 4.70. The van der Waals surface area contributed by atoms with Crippen molar-refractivity contribution in [1.82, 2.24) is 15.0 Å². The minimum Gasteiger partial charge on any atom is -0.338 e. The van der Waals surface area contributed by atoms with E-state index in [4.69, 9.17) is 11.6 Å². The van der Waals surface area contributed by atoms with E-state index >= 15 is 0 Å². The van der Waals surface area contributed by atoms with Crippen molar-refractivity contribution in [2.75, 3.05) is 17.3 Å². The fourth-order valence-electron chi connectivity index (χ4n) is 1.97. The molecule has 0 saturated heterocycles. The zero-order valence-corrected chi connectivity index (χ0v) is 11.1. The second-order valence-electron chi connectivity index (χ2n) is 4.30. The number of carbonyl (C=O) groups is 1. The Bertz CT molecular complexity index is 708. The molecule has 1 amide bonds. The fraction of sp³-hybridized carbons (Fsp3) is 0.167. The molecule has 0 radical (unpaired) electrons. The van der Waals surface area contributed by atoms with Crippen molar-refractivity contribution in [3.63, 3.8) is 0 Å². The van der Waals surface area contributed by atoms with E-state index in [9.17, 15) is 9.18 Å². The van der Waals surface area contributed by atoms with E-state index < -0.39 is 6.08 Å². The van der Waals surface area contributed by atoms with Gasteiger partial charge in [-0.25, -0.2) is 9.97 Å². The van der Waals surface area contributed by atoms with E-state index in [1.807, 2.05) is 0 Å². The second kappa shape index (κ2) is 4.68. The molecule has 0 fully saturated rings. The van der Waals surface area contributed by atoms with Crippen LogP contribution in [0, 0.1) is 6.08 Å². The van der Waals surface area contributed by atoms with Crippen LogP contribution < -0.4 is 10.2 Å². The van der Waals surface area contributed by atoms with Crippen LogP contribution in [0.25, 0.3) is 0 Å². The molecule has 0 spiro atoms. The van der Waals surface area contributed by atoms with E-state index in [2.05, 4.69) is 20.3 Å². The number of anilines is 3. The highest BCUT2D eigenvalue weighted by Gasteiger charge is 2.25. The van der Waals surface area contributed by atoms with Gasteiger partial charge in [0.15, 0.2) is 5.82 Å². The standard InChI is InChI=1S/C12H9ClFN5O/c1-19-9(20)3-6-2-7(4-15-11(6)19)17-10-8(13)5-16-12(14)18-10/h2,4-5H,3H2,1H3,(H,16,17,18).